The van der Waals surface area contributed by atoms with Crippen molar-refractivity contribution in [3.05, 3.63) is 17.6 Å². The number of nitrogens with zero attached hydrogens (tertiary/aromatic N) is 3. The monoisotopic (exact) mass is 316 g/mol. The number of primary amides is 1. The fourth-order valence-corrected chi connectivity index (χ4v) is 4.32. The predicted molar refractivity (Wildman–Crippen MR) is 86.1 cm³/mol. The predicted octanol–water partition coefficient (Wildman–Crippen LogP) is 1.21. The summed E-state index contributed by atoms with van der Waals surface area (Å²) in [5.41, 5.74) is 7.95. The van der Waals surface area contributed by atoms with Gasteiger partial charge in [0.15, 0.2) is 0 Å². The molecule has 124 valence electrons. The van der Waals surface area contributed by atoms with Gasteiger partial charge in [-0.2, -0.15) is 0 Å². The molecule has 2 saturated heterocycles. The number of hydrogen-bond donors (Lipinski definition) is 1. The third-order valence-electron chi connectivity index (χ3n) is 5.59. The van der Waals surface area contributed by atoms with E-state index in [0.717, 1.165) is 57.4 Å². The molecule has 2 N–H and O–H groups in total. The van der Waals surface area contributed by atoms with Gasteiger partial charge in [-0.05, 0) is 50.9 Å². The summed E-state index contributed by atoms with van der Waals surface area (Å²) in [4.78, 5) is 22.6. The number of piperidine rings is 1. The van der Waals surface area contributed by atoms with Gasteiger partial charge in [-0.15, -0.1) is 0 Å². The third-order valence-corrected chi connectivity index (χ3v) is 5.59. The summed E-state index contributed by atoms with van der Waals surface area (Å²) in [7, 11) is 0. The van der Waals surface area contributed by atoms with Gasteiger partial charge in [0, 0.05) is 24.3 Å². The number of carbonyl (C=O) groups excluding carboxylic acids is 1. The molecule has 6 nitrogen and oxygen atoms in total. The van der Waals surface area contributed by atoms with E-state index < -0.39 is 0 Å². The highest BCUT2D eigenvalue weighted by Gasteiger charge is 2.36. The maximum Gasteiger partial charge on any atom is 0.246 e. The minimum atomic E-state index is -0.372. The molecule has 0 unspecified atom stereocenters. The van der Waals surface area contributed by atoms with Gasteiger partial charge >= 0.3 is 0 Å². The van der Waals surface area contributed by atoms with Gasteiger partial charge < -0.3 is 15.4 Å². The zero-order valence-electron chi connectivity index (χ0n) is 13.4. The third kappa shape index (κ3) is 2.80. The van der Waals surface area contributed by atoms with Crippen molar-refractivity contribution in [3.63, 3.8) is 0 Å². The van der Waals surface area contributed by atoms with Crippen molar-refractivity contribution in [3.8, 4) is 0 Å². The molecule has 0 aromatic carbocycles. The van der Waals surface area contributed by atoms with E-state index in [-0.39, 0.29) is 18.1 Å². The summed E-state index contributed by atoms with van der Waals surface area (Å²) in [5, 5.41) is 0. The molecule has 0 spiro atoms. The molecule has 0 saturated carbocycles. The first kappa shape index (κ1) is 14.9. The molecule has 6 heteroatoms. The Hall–Kier alpha value is -1.69. The number of aryl methyl sites for hydroxylation is 1. The standard InChI is InChI=1S/C17H24N4O2/c18-16(22)15-5-4-14(23-15)11-6-8-21(9-7-11)17-12-2-1-3-13(12)19-10-20-17/h10-11,14-15H,1-9H2,(H2,18,22)/t14-,15+/m0/s1. The van der Waals surface area contributed by atoms with Crippen LogP contribution in [0.4, 0.5) is 5.82 Å². The lowest BCUT2D eigenvalue weighted by atomic mass is 9.89. The van der Waals surface area contributed by atoms with Crippen LogP contribution < -0.4 is 10.6 Å². The molecule has 4 rings (SSSR count). The van der Waals surface area contributed by atoms with E-state index in [9.17, 15) is 4.79 Å². The number of rotatable bonds is 3. The Kier molecular flexibility index (Phi) is 3.93. The average molecular weight is 316 g/mol. The highest BCUT2D eigenvalue weighted by Crippen LogP contribution is 2.35. The summed E-state index contributed by atoms with van der Waals surface area (Å²) in [6, 6.07) is 0. The lowest BCUT2D eigenvalue weighted by Gasteiger charge is -2.36. The summed E-state index contributed by atoms with van der Waals surface area (Å²) in [5.74, 6) is 1.36. The highest BCUT2D eigenvalue weighted by atomic mass is 16.5. The minimum Gasteiger partial charge on any atom is -0.367 e. The maximum atomic E-state index is 11.3. The van der Waals surface area contributed by atoms with E-state index in [1.54, 1.807) is 6.33 Å². The summed E-state index contributed by atoms with van der Waals surface area (Å²) in [6.07, 6.45) is 8.85. The molecular weight excluding hydrogens is 292 g/mol. The number of anilines is 1. The molecule has 0 bridgehead atoms. The number of hydrogen-bond acceptors (Lipinski definition) is 5. The van der Waals surface area contributed by atoms with E-state index in [4.69, 9.17) is 10.5 Å². The highest BCUT2D eigenvalue weighted by molar-refractivity contribution is 5.79. The van der Waals surface area contributed by atoms with E-state index in [1.807, 2.05) is 0 Å². The maximum absolute atomic E-state index is 11.3. The van der Waals surface area contributed by atoms with Gasteiger partial charge in [-0.25, -0.2) is 9.97 Å². The molecule has 1 aromatic heterocycles. The Morgan fingerprint density at radius 3 is 2.74 bits per heavy atom. The van der Waals surface area contributed by atoms with Crippen LogP contribution in [0.3, 0.4) is 0 Å². The number of aromatic nitrogens is 2. The van der Waals surface area contributed by atoms with Gasteiger partial charge in [0.25, 0.3) is 0 Å². The molecule has 0 radical (unpaired) electrons. The molecule has 1 aliphatic carbocycles. The number of carbonyl (C=O) groups is 1. The number of ether oxygens (including phenoxy) is 1. The average Bonchev–Trinajstić information content (AvgIpc) is 3.24. The summed E-state index contributed by atoms with van der Waals surface area (Å²) >= 11 is 0. The first-order valence-electron chi connectivity index (χ1n) is 8.75. The molecule has 2 atom stereocenters. The van der Waals surface area contributed by atoms with E-state index >= 15 is 0 Å². The van der Waals surface area contributed by atoms with Crippen LogP contribution in [0.1, 0.15) is 43.4 Å². The van der Waals surface area contributed by atoms with Crippen LogP contribution in [0, 0.1) is 5.92 Å². The van der Waals surface area contributed by atoms with E-state index in [0.29, 0.717) is 5.92 Å². The lowest BCUT2D eigenvalue weighted by molar-refractivity contribution is -0.130. The van der Waals surface area contributed by atoms with Crippen LogP contribution in [0.5, 0.6) is 0 Å². The quantitative estimate of drug-likeness (QED) is 0.906. The fraction of sp³-hybridized carbons (Fsp3) is 0.706. The van der Waals surface area contributed by atoms with Crippen LogP contribution in [0.25, 0.3) is 0 Å². The van der Waals surface area contributed by atoms with Crippen LogP contribution in [0.2, 0.25) is 0 Å². The second-order valence-corrected chi connectivity index (χ2v) is 6.94. The first-order valence-corrected chi connectivity index (χ1v) is 8.75. The first-order chi connectivity index (χ1) is 11.2. The van der Waals surface area contributed by atoms with Crippen LogP contribution in [0.15, 0.2) is 6.33 Å². The Morgan fingerprint density at radius 1 is 1.17 bits per heavy atom. The van der Waals surface area contributed by atoms with Gasteiger partial charge in [0.1, 0.15) is 18.2 Å². The molecular formula is C17H24N4O2. The Bertz CT molecular complexity index is 598. The van der Waals surface area contributed by atoms with E-state index in [2.05, 4.69) is 14.9 Å². The zero-order chi connectivity index (χ0) is 15.8. The van der Waals surface area contributed by atoms with Crippen molar-refractivity contribution in [1.29, 1.82) is 0 Å². The fourth-order valence-electron chi connectivity index (χ4n) is 4.32. The number of nitrogens with two attached hydrogens (primary N) is 1. The van der Waals surface area contributed by atoms with Crippen molar-refractivity contribution < 1.29 is 9.53 Å². The number of fused-ring (bicyclic) bond motifs is 1. The summed E-state index contributed by atoms with van der Waals surface area (Å²) in [6.45, 7) is 2.02. The van der Waals surface area contributed by atoms with E-state index in [1.165, 1.54) is 17.7 Å². The van der Waals surface area contributed by atoms with Gasteiger partial charge in [-0.3, -0.25) is 4.79 Å². The zero-order valence-corrected chi connectivity index (χ0v) is 13.4. The Labute approximate surface area is 136 Å². The van der Waals surface area contributed by atoms with Gasteiger partial charge in [-0.1, -0.05) is 0 Å². The normalized spacial score (nSPS) is 28.1. The van der Waals surface area contributed by atoms with Gasteiger partial charge in [0.2, 0.25) is 5.91 Å². The second-order valence-electron chi connectivity index (χ2n) is 6.94. The smallest absolute Gasteiger partial charge is 0.246 e. The molecule has 3 heterocycles. The molecule has 2 fully saturated rings. The summed E-state index contributed by atoms with van der Waals surface area (Å²) < 4.78 is 5.86. The van der Waals surface area contributed by atoms with Crippen molar-refractivity contribution in [2.75, 3.05) is 18.0 Å². The molecule has 1 aromatic rings. The lowest BCUT2D eigenvalue weighted by Crippen LogP contribution is -2.39. The molecule has 1 amide bonds. The number of amides is 1. The Morgan fingerprint density at radius 2 is 2.00 bits per heavy atom. The molecule has 23 heavy (non-hydrogen) atoms. The van der Waals surface area contributed by atoms with Crippen molar-refractivity contribution >= 4 is 11.7 Å². The SMILES string of the molecule is NC(=O)[C@H]1CC[C@@H](C2CCN(c3ncnc4c3CCC4)CC2)O1. The van der Waals surface area contributed by atoms with Crippen LogP contribution in [-0.2, 0) is 22.4 Å². The van der Waals surface area contributed by atoms with Crippen molar-refractivity contribution in [1.82, 2.24) is 9.97 Å². The minimum absolute atomic E-state index is 0.200. The van der Waals surface area contributed by atoms with Gasteiger partial charge in [0.05, 0.1) is 6.10 Å². The second kappa shape index (κ2) is 6.07. The van der Waals surface area contributed by atoms with Crippen molar-refractivity contribution in [2.45, 2.75) is 57.2 Å². The molecule has 3 aliphatic rings. The Balaban J connectivity index is 1.39. The molecule has 2 aliphatic heterocycles. The topological polar surface area (TPSA) is 81.3 Å². The van der Waals surface area contributed by atoms with Crippen LogP contribution >= 0.6 is 0 Å². The largest absolute Gasteiger partial charge is 0.367 e. The van der Waals surface area contributed by atoms with Crippen molar-refractivity contribution in [2.24, 2.45) is 11.7 Å². The van der Waals surface area contributed by atoms with Crippen LogP contribution in [-0.4, -0.2) is 41.2 Å².